The normalized spacial score (nSPS) is 23.4. The van der Waals surface area contributed by atoms with Crippen LogP contribution in [-0.2, 0) is 4.79 Å². The van der Waals surface area contributed by atoms with Crippen LogP contribution >= 0.6 is 0 Å². The zero-order chi connectivity index (χ0) is 12.9. The molecule has 1 saturated heterocycles. The van der Waals surface area contributed by atoms with E-state index in [4.69, 9.17) is 15.8 Å². The largest absolute Gasteiger partial charge is 0.480 e. The maximum absolute atomic E-state index is 11.3. The lowest BCUT2D eigenvalue weighted by molar-refractivity contribution is -0.145. The molecule has 1 fully saturated rings. The van der Waals surface area contributed by atoms with Crippen molar-refractivity contribution in [3.8, 4) is 0 Å². The van der Waals surface area contributed by atoms with Crippen LogP contribution in [0.2, 0.25) is 6.32 Å². The number of aliphatic carboxylic acids is 1. The minimum Gasteiger partial charge on any atom is -0.480 e. The van der Waals surface area contributed by atoms with Gasteiger partial charge in [0, 0.05) is 12.5 Å². The highest BCUT2D eigenvalue weighted by Crippen LogP contribution is 2.27. The Kier molecular flexibility index (Phi) is 5.39. The van der Waals surface area contributed by atoms with Crippen molar-refractivity contribution in [3.05, 3.63) is 0 Å². The Morgan fingerprint density at radius 3 is 2.65 bits per heavy atom. The number of carbonyl (C=O) groups is 1. The summed E-state index contributed by atoms with van der Waals surface area (Å²) in [6.07, 6.45) is 2.59. The molecule has 1 aliphatic rings. The van der Waals surface area contributed by atoms with Gasteiger partial charge in [0.15, 0.2) is 0 Å². The van der Waals surface area contributed by atoms with Gasteiger partial charge in [-0.3, -0.25) is 4.79 Å². The Hall–Kier alpha value is -0.625. The van der Waals surface area contributed by atoms with Crippen molar-refractivity contribution in [3.63, 3.8) is 0 Å². The van der Waals surface area contributed by atoms with Gasteiger partial charge in [0.1, 0.15) is 5.54 Å². The molecular weight excluding hydrogens is 223 g/mol. The van der Waals surface area contributed by atoms with Gasteiger partial charge >= 0.3 is 13.1 Å². The predicted molar refractivity (Wildman–Crippen MR) is 64.4 cm³/mol. The summed E-state index contributed by atoms with van der Waals surface area (Å²) in [4.78, 5) is 11.3. The Bertz CT molecular complexity index is 259. The fraction of sp³-hybridized carbons (Fsp3) is 0.900. The molecule has 0 spiro atoms. The van der Waals surface area contributed by atoms with E-state index in [9.17, 15) is 9.90 Å². The third-order valence-electron chi connectivity index (χ3n) is 3.49. The summed E-state index contributed by atoms with van der Waals surface area (Å²) in [5.41, 5.74) is 4.81. The highest BCUT2D eigenvalue weighted by molar-refractivity contribution is 6.40. The molecule has 0 saturated carbocycles. The Morgan fingerprint density at radius 2 is 2.18 bits per heavy atom. The van der Waals surface area contributed by atoms with E-state index >= 15 is 0 Å². The van der Waals surface area contributed by atoms with Crippen LogP contribution < -0.4 is 11.1 Å². The van der Waals surface area contributed by atoms with Gasteiger partial charge in [-0.05, 0) is 25.7 Å². The molecular formula is C10H21BN2O4. The van der Waals surface area contributed by atoms with Gasteiger partial charge in [0.25, 0.3) is 0 Å². The molecule has 0 aromatic rings. The summed E-state index contributed by atoms with van der Waals surface area (Å²) in [5.74, 6) is -1.00. The standard InChI is InChI=1S/C10H21BN2O4/c12-10(9(14)15,8-3-6-13-7-8)4-1-2-5-11(16)17/h8,13,16-17H,1-7,12H2,(H,14,15)/t8-,10?/m0/s1. The second-order valence-corrected chi connectivity index (χ2v) is 4.76. The lowest BCUT2D eigenvalue weighted by Crippen LogP contribution is -2.54. The van der Waals surface area contributed by atoms with Crippen LogP contribution in [0.1, 0.15) is 25.7 Å². The third kappa shape index (κ3) is 3.95. The molecule has 7 heteroatoms. The van der Waals surface area contributed by atoms with E-state index in [0.717, 1.165) is 13.0 Å². The van der Waals surface area contributed by atoms with E-state index in [-0.39, 0.29) is 12.2 Å². The number of hydrogen-bond donors (Lipinski definition) is 5. The van der Waals surface area contributed by atoms with Crippen LogP contribution in [0.25, 0.3) is 0 Å². The zero-order valence-corrected chi connectivity index (χ0v) is 9.93. The van der Waals surface area contributed by atoms with E-state index in [0.29, 0.717) is 25.8 Å². The van der Waals surface area contributed by atoms with Crippen LogP contribution in [0.15, 0.2) is 0 Å². The second kappa shape index (κ2) is 6.35. The fourth-order valence-electron chi connectivity index (χ4n) is 2.32. The van der Waals surface area contributed by atoms with E-state index in [1.54, 1.807) is 0 Å². The zero-order valence-electron chi connectivity index (χ0n) is 9.93. The van der Waals surface area contributed by atoms with Crippen molar-refractivity contribution in [1.82, 2.24) is 5.32 Å². The summed E-state index contributed by atoms with van der Waals surface area (Å²) in [7, 11) is -1.32. The van der Waals surface area contributed by atoms with Crippen molar-refractivity contribution < 1.29 is 19.9 Å². The molecule has 0 radical (unpaired) electrons. The summed E-state index contributed by atoms with van der Waals surface area (Å²) in [6, 6.07) is 0. The average molecular weight is 244 g/mol. The molecule has 1 rings (SSSR count). The van der Waals surface area contributed by atoms with Crippen LogP contribution in [0.4, 0.5) is 0 Å². The van der Waals surface area contributed by atoms with Gasteiger partial charge < -0.3 is 26.2 Å². The third-order valence-corrected chi connectivity index (χ3v) is 3.49. The second-order valence-electron chi connectivity index (χ2n) is 4.76. The number of carboxylic acids is 1. The molecule has 98 valence electrons. The van der Waals surface area contributed by atoms with Crippen molar-refractivity contribution >= 4 is 13.1 Å². The monoisotopic (exact) mass is 244 g/mol. The Balaban J connectivity index is 2.44. The number of unbranched alkanes of at least 4 members (excludes halogenated alkanes) is 1. The molecule has 0 amide bonds. The molecule has 0 aromatic heterocycles. The minimum atomic E-state index is -1.32. The maximum atomic E-state index is 11.3. The quantitative estimate of drug-likeness (QED) is 0.290. The van der Waals surface area contributed by atoms with Crippen LogP contribution in [-0.4, -0.2) is 46.9 Å². The van der Waals surface area contributed by atoms with Crippen molar-refractivity contribution in [2.75, 3.05) is 13.1 Å². The van der Waals surface area contributed by atoms with Crippen molar-refractivity contribution in [1.29, 1.82) is 0 Å². The molecule has 17 heavy (non-hydrogen) atoms. The SMILES string of the molecule is NC(CCCCB(O)O)(C(=O)O)[C@H]1CCNC1. The van der Waals surface area contributed by atoms with Crippen LogP contribution in [0.3, 0.4) is 0 Å². The van der Waals surface area contributed by atoms with Crippen LogP contribution in [0.5, 0.6) is 0 Å². The molecule has 6 N–H and O–H groups in total. The summed E-state index contributed by atoms with van der Waals surface area (Å²) < 4.78 is 0. The van der Waals surface area contributed by atoms with E-state index in [1.807, 2.05) is 0 Å². The molecule has 0 aromatic carbocycles. The Labute approximate surface area is 101 Å². The number of hydrogen-bond acceptors (Lipinski definition) is 5. The van der Waals surface area contributed by atoms with E-state index in [1.165, 1.54) is 0 Å². The summed E-state index contributed by atoms with van der Waals surface area (Å²) in [6.45, 7) is 1.46. The highest BCUT2D eigenvalue weighted by atomic mass is 16.4. The molecule has 1 heterocycles. The Morgan fingerprint density at radius 1 is 1.47 bits per heavy atom. The molecule has 1 unspecified atom stereocenters. The number of carboxylic acid groups (broad SMARTS) is 1. The van der Waals surface area contributed by atoms with Gasteiger partial charge in [-0.2, -0.15) is 0 Å². The first-order valence-electron chi connectivity index (χ1n) is 6.06. The number of nitrogens with one attached hydrogen (secondary N) is 1. The van der Waals surface area contributed by atoms with E-state index in [2.05, 4.69) is 5.32 Å². The first-order valence-corrected chi connectivity index (χ1v) is 6.06. The van der Waals surface area contributed by atoms with Crippen LogP contribution in [0, 0.1) is 5.92 Å². The predicted octanol–water partition coefficient (Wildman–Crippen LogP) is -0.979. The van der Waals surface area contributed by atoms with E-state index < -0.39 is 18.6 Å². The molecule has 2 atom stereocenters. The first kappa shape index (κ1) is 14.4. The average Bonchev–Trinajstić information content (AvgIpc) is 2.77. The van der Waals surface area contributed by atoms with Gasteiger partial charge in [-0.15, -0.1) is 0 Å². The highest BCUT2D eigenvalue weighted by Gasteiger charge is 2.42. The fourth-order valence-corrected chi connectivity index (χ4v) is 2.32. The minimum absolute atomic E-state index is 0.0425. The van der Waals surface area contributed by atoms with Gasteiger partial charge in [0.05, 0.1) is 0 Å². The summed E-state index contributed by atoms with van der Waals surface area (Å²) >= 11 is 0. The number of rotatable bonds is 7. The smallest absolute Gasteiger partial charge is 0.451 e. The topological polar surface area (TPSA) is 116 Å². The maximum Gasteiger partial charge on any atom is 0.451 e. The molecule has 0 aliphatic carbocycles. The lowest BCUT2D eigenvalue weighted by atomic mass is 9.77. The van der Waals surface area contributed by atoms with Crippen molar-refractivity contribution in [2.24, 2.45) is 11.7 Å². The van der Waals surface area contributed by atoms with Gasteiger partial charge in [-0.1, -0.05) is 12.8 Å². The number of nitrogens with two attached hydrogens (primary N) is 1. The van der Waals surface area contributed by atoms with Crippen molar-refractivity contribution in [2.45, 2.75) is 37.5 Å². The summed E-state index contributed by atoms with van der Waals surface area (Å²) in [5, 5.41) is 29.8. The molecule has 1 aliphatic heterocycles. The molecule has 6 nitrogen and oxygen atoms in total. The lowest BCUT2D eigenvalue weighted by Gasteiger charge is -2.30. The van der Waals surface area contributed by atoms with Gasteiger partial charge in [-0.25, -0.2) is 0 Å². The van der Waals surface area contributed by atoms with Gasteiger partial charge in [0.2, 0.25) is 0 Å². The first-order chi connectivity index (χ1) is 7.97. The molecule has 0 bridgehead atoms.